The number of thioether (sulfide) groups is 1. The molecule has 1 fully saturated rings. The quantitative estimate of drug-likeness (QED) is 0.572. The van der Waals surface area contributed by atoms with Crippen LogP contribution in [0.4, 0.5) is 0 Å². The SMILES string of the molecule is CC(=O)c1ccc(OCCSC2CCCCC2)cc1. The Labute approximate surface area is 119 Å². The van der Waals surface area contributed by atoms with Gasteiger partial charge in [0, 0.05) is 16.6 Å². The summed E-state index contributed by atoms with van der Waals surface area (Å²) in [6, 6.07) is 7.40. The normalized spacial score (nSPS) is 16.3. The topological polar surface area (TPSA) is 26.3 Å². The van der Waals surface area contributed by atoms with E-state index in [0.717, 1.165) is 28.9 Å². The molecule has 2 nitrogen and oxygen atoms in total. The molecule has 1 aromatic carbocycles. The maximum atomic E-state index is 11.1. The Balaban J connectivity index is 1.66. The van der Waals surface area contributed by atoms with Crippen molar-refractivity contribution >= 4 is 17.5 Å². The molecule has 0 spiro atoms. The lowest BCUT2D eigenvalue weighted by Gasteiger charge is -2.20. The molecule has 19 heavy (non-hydrogen) atoms. The fourth-order valence-corrected chi connectivity index (χ4v) is 3.57. The summed E-state index contributed by atoms with van der Waals surface area (Å²) < 4.78 is 5.70. The Hall–Kier alpha value is -0.960. The summed E-state index contributed by atoms with van der Waals surface area (Å²) in [5, 5.41) is 0.845. The van der Waals surface area contributed by atoms with Crippen molar-refractivity contribution in [3.8, 4) is 5.75 Å². The minimum absolute atomic E-state index is 0.0967. The fraction of sp³-hybridized carbons (Fsp3) is 0.562. The molecule has 0 radical (unpaired) electrons. The van der Waals surface area contributed by atoms with E-state index < -0.39 is 0 Å². The highest BCUT2D eigenvalue weighted by molar-refractivity contribution is 7.99. The molecule has 0 atom stereocenters. The monoisotopic (exact) mass is 278 g/mol. The van der Waals surface area contributed by atoms with Gasteiger partial charge in [-0.2, -0.15) is 11.8 Å². The minimum atomic E-state index is 0.0967. The highest BCUT2D eigenvalue weighted by atomic mass is 32.2. The second kappa shape index (κ2) is 7.59. The van der Waals surface area contributed by atoms with Gasteiger partial charge in [-0.25, -0.2) is 0 Å². The molecule has 0 aliphatic heterocycles. The first-order valence-corrected chi connectivity index (χ1v) is 8.16. The second-order valence-electron chi connectivity index (χ2n) is 5.06. The smallest absolute Gasteiger partial charge is 0.159 e. The van der Waals surface area contributed by atoms with Crippen molar-refractivity contribution in [2.75, 3.05) is 12.4 Å². The van der Waals surface area contributed by atoms with Gasteiger partial charge in [0.15, 0.2) is 5.78 Å². The van der Waals surface area contributed by atoms with Crippen LogP contribution in [0.5, 0.6) is 5.75 Å². The van der Waals surface area contributed by atoms with Crippen molar-refractivity contribution < 1.29 is 9.53 Å². The minimum Gasteiger partial charge on any atom is -0.493 e. The van der Waals surface area contributed by atoms with Gasteiger partial charge in [-0.15, -0.1) is 0 Å². The van der Waals surface area contributed by atoms with Crippen molar-refractivity contribution in [1.82, 2.24) is 0 Å². The van der Waals surface area contributed by atoms with Crippen LogP contribution in [-0.2, 0) is 0 Å². The Bertz CT molecular complexity index is 394. The first kappa shape index (κ1) is 14.4. The van der Waals surface area contributed by atoms with E-state index in [-0.39, 0.29) is 5.78 Å². The van der Waals surface area contributed by atoms with E-state index in [1.54, 1.807) is 6.92 Å². The Kier molecular flexibility index (Phi) is 5.77. The van der Waals surface area contributed by atoms with Crippen LogP contribution in [0.15, 0.2) is 24.3 Å². The van der Waals surface area contributed by atoms with Crippen LogP contribution < -0.4 is 4.74 Å². The van der Waals surface area contributed by atoms with Gasteiger partial charge in [-0.1, -0.05) is 19.3 Å². The number of rotatable bonds is 6. The average molecular weight is 278 g/mol. The third kappa shape index (κ3) is 4.90. The Morgan fingerprint density at radius 2 is 1.89 bits per heavy atom. The highest BCUT2D eigenvalue weighted by Gasteiger charge is 2.13. The lowest BCUT2D eigenvalue weighted by molar-refractivity contribution is 0.101. The van der Waals surface area contributed by atoms with Crippen LogP contribution in [0.3, 0.4) is 0 Å². The van der Waals surface area contributed by atoms with Crippen LogP contribution in [0.1, 0.15) is 49.4 Å². The van der Waals surface area contributed by atoms with Crippen LogP contribution in [0.2, 0.25) is 0 Å². The summed E-state index contributed by atoms with van der Waals surface area (Å²) >= 11 is 2.05. The number of carbonyl (C=O) groups is 1. The largest absolute Gasteiger partial charge is 0.493 e. The molecule has 1 aliphatic carbocycles. The van der Waals surface area contributed by atoms with Gasteiger partial charge in [-0.3, -0.25) is 4.79 Å². The van der Waals surface area contributed by atoms with E-state index in [2.05, 4.69) is 0 Å². The molecule has 1 saturated carbocycles. The molecule has 0 N–H and O–H groups in total. The first-order valence-electron chi connectivity index (χ1n) is 7.11. The molecular weight excluding hydrogens is 256 g/mol. The summed E-state index contributed by atoms with van der Waals surface area (Å²) in [7, 11) is 0. The van der Waals surface area contributed by atoms with Crippen LogP contribution >= 0.6 is 11.8 Å². The van der Waals surface area contributed by atoms with E-state index in [0.29, 0.717) is 0 Å². The number of ether oxygens (including phenoxy) is 1. The zero-order valence-corrected chi connectivity index (χ0v) is 12.4. The van der Waals surface area contributed by atoms with Crippen LogP contribution in [-0.4, -0.2) is 23.4 Å². The molecule has 3 heteroatoms. The second-order valence-corrected chi connectivity index (χ2v) is 6.47. The molecule has 0 aromatic heterocycles. The highest BCUT2D eigenvalue weighted by Crippen LogP contribution is 2.28. The van der Waals surface area contributed by atoms with Gasteiger partial charge < -0.3 is 4.74 Å². The zero-order valence-electron chi connectivity index (χ0n) is 11.6. The lowest BCUT2D eigenvalue weighted by atomic mass is 10.0. The molecule has 0 amide bonds. The first-order chi connectivity index (χ1) is 9.25. The number of ketones is 1. The number of Topliss-reactive ketones (excluding diaryl/α,β-unsaturated/α-hetero) is 1. The van der Waals surface area contributed by atoms with Gasteiger partial charge in [0.2, 0.25) is 0 Å². The molecule has 0 heterocycles. The summed E-state index contributed by atoms with van der Waals surface area (Å²) in [6.45, 7) is 2.33. The predicted molar refractivity (Wildman–Crippen MR) is 81.3 cm³/mol. The van der Waals surface area contributed by atoms with Gasteiger partial charge in [0.1, 0.15) is 5.75 Å². The molecule has 0 saturated heterocycles. The van der Waals surface area contributed by atoms with Gasteiger partial charge in [-0.05, 0) is 44.0 Å². The predicted octanol–water partition coefficient (Wildman–Crippen LogP) is 4.33. The number of hydrogen-bond acceptors (Lipinski definition) is 3. The van der Waals surface area contributed by atoms with Crippen molar-refractivity contribution in [3.05, 3.63) is 29.8 Å². The van der Waals surface area contributed by atoms with Crippen LogP contribution in [0, 0.1) is 0 Å². The van der Waals surface area contributed by atoms with E-state index >= 15 is 0 Å². The summed E-state index contributed by atoms with van der Waals surface area (Å²) in [5.41, 5.74) is 0.740. The van der Waals surface area contributed by atoms with E-state index in [1.165, 1.54) is 32.1 Å². The van der Waals surface area contributed by atoms with E-state index in [4.69, 9.17) is 4.74 Å². The van der Waals surface area contributed by atoms with Crippen molar-refractivity contribution in [1.29, 1.82) is 0 Å². The zero-order chi connectivity index (χ0) is 13.5. The molecule has 104 valence electrons. The molecule has 1 aromatic rings. The Morgan fingerprint density at radius 3 is 2.53 bits per heavy atom. The maximum Gasteiger partial charge on any atom is 0.159 e. The number of hydrogen-bond donors (Lipinski definition) is 0. The van der Waals surface area contributed by atoms with E-state index in [1.807, 2.05) is 36.0 Å². The third-order valence-electron chi connectivity index (χ3n) is 3.52. The molecule has 1 aliphatic rings. The molecule has 0 bridgehead atoms. The van der Waals surface area contributed by atoms with Gasteiger partial charge in [0.25, 0.3) is 0 Å². The van der Waals surface area contributed by atoms with Crippen LogP contribution in [0.25, 0.3) is 0 Å². The standard InChI is InChI=1S/C16H22O2S/c1-13(17)14-7-9-15(10-8-14)18-11-12-19-16-5-3-2-4-6-16/h7-10,16H,2-6,11-12H2,1H3. The van der Waals surface area contributed by atoms with Crippen molar-refractivity contribution in [2.24, 2.45) is 0 Å². The Morgan fingerprint density at radius 1 is 1.21 bits per heavy atom. The lowest BCUT2D eigenvalue weighted by Crippen LogP contribution is -2.11. The van der Waals surface area contributed by atoms with E-state index in [9.17, 15) is 4.79 Å². The summed E-state index contributed by atoms with van der Waals surface area (Å²) in [4.78, 5) is 11.1. The van der Waals surface area contributed by atoms with Gasteiger partial charge >= 0.3 is 0 Å². The third-order valence-corrected chi connectivity index (χ3v) is 4.86. The van der Waals surface area contributed by atoms with Gasteiger partial charge in [0.05, 0.1) is 6.61 Å². The molecule has 2 rings (SSSR count). The van der Waals surface area contributed by atoms with Crippen molar-refractivity contribution in [2.45, 2.75) is 44.3 Å². The fourth-order valence-electron chi connectivity index (χ4n) is 2.39. The number of benzene rings is 1. The summed E-state index contributed by atoms with van der Waals surface area (Å²) in [5.74, 6) is 2.01. The molecular formula is C16H22O2S. The maximum absolute atomic E-state index is 11.1. The van der Waals surface area contributed by atoms with Crippen molar-refractivity contribution in [3.63, 3.8) is 0 Å². The molecule has 0 unspecified atom stereocenters. The average Bonchev–Trinajstić information content (AvgIpc) is 2.45. The number of carbonyl (C=O) groups excluding carboxylic acids is 1. The summed E-state index contributed by atoms with van der Waals surface area (Å²) in [6.07, 6.45) is 6.95.